The number of aromatic amines is 1. The van der Waals surface area contributed by atoms with Crippen molar-refractivity contribution in [2.45, 2.75) is 45.8 Å². The Balaban J connectivity index is 2.37. The molecule has 4 N–H and O–H groups in total. The minimum absolute atomic E-state index is 0.506. The van der Waals surface area contributed by atoms with Crippen molar-refractivity contribution in [3.8, 4) is 0 Å². The molecule has 0 saturated carbocycles. The number of nitrogens with one attached hydrogen (secondary N) is 3. The topological polar surface area (TPSA) is 98.8 Å². The predicted molar refractivity (Wildman–Crippen MR) is 79.8 cm³/mol. The lowest BCUT2D eigenvalue weighted by atomic mass is 9.99. The van der Waals surface area contributed by atoms with Crippen molar-refractivity contribution in [1.29, 1.82) is 0 Å². The van der Waals surface area contributed by atoms with Gasteiger partial charge in [-0.05, 0) is 27.2 Å². The van der Waals surface area contributed by atoms with Crippen LogP contribution in [0.25, 0.3) is 11.2 Å². The molecule has 110 valence electrons. The Bertz CT molecular complexity index is 577. The molecule has 0 aliphatic rings. The standard InChI is InChI=1S/C13H22N6O/c1-5-6-14-12-17-10-9(15-7-16-10)11(18-12)19-13(3,4)8(2)20/h7-8,20H,5-6H2,1-4H3,(H3,14,15,16,17,18,19). The summed E-state index contributed by atoms with van der Waals surface area (Å²) in [5.74, 6) is 1.17. The van der Waals surface area contributed by atoms with Gasteiger partial charge in [0.15, 0.2) is 11.5 Å². The molecule has 0 aliphatic heterocycles. The maximum atomic E-state index is 9.83. The summed E-state index contributed by atoms with van der Waals surface area (Å²) in [6.07, 6.45) is 2.05. The lowest BCUT2D eigenvalue weighted by Crippen LogP contribution is -2.42. The number of imidazole rings is 1. The Kier molecular flexibility index (Phi) is 4.08. The van der Waals surface area contributed by atoms with Crippen LogP contribution in [0.5, 0.6) is 0 Å². The van der Waals surface area contributed by atoms with Crippen molar-refractivity contribution >= 4 is 22.9 Å². The van der Waals surface area contributed by atoms with E-state index >= 15 is 0 Å². The molecule has 0 aliphatic carbocycles. The normalized spacial score (nSPS) is 13.4. The van der Waals surface area contributed by atoms with E-state index in [0.29, 0.717) is 17.4 Å². The van der Waals surface area contributed by atoms with Gasteiger partial charge < -0.3 is 20.7 Å². The Hall–Kier alpha value is -1.89. The molecule has 20 heavy (non-hydrogen) atoms. The minimum Gasteiger partial charge on any atom is -0.391 e. The largest absolute Gasteiger partial charge is 0.391 e. The minimum atomic E-state index is -0.525. The zero-order valence-corrected chi connectivity index (χ0v) is 12.4. The third-order valence-corrected chi connectivity index (χ3v) is 3.30. The molecule has 2 heterocycles. The zero-order valence-electron chi connectivity index (χ0n) is 12.4. The second kappa shape index (κ2) is 5.62. The molecule has 0 spiro atoms. The molecule has 2 rings (SSSR count). The zero-order chi connectivity index (χ0) is 14.8. The highest BCUT2D eigenvalue weighted by Crippen LogP contribution is 2.23. The average molecular weight is 278 g/mol. The summed E-state index contributed by atoms with van der Waals surface area (Å²) in [5, 5.41) is 16.2. The van der Waals surface area contributed by atoms with E-state index < -0.39 is 11.6 Å². The molecule has 0 fully saturated rings. The van der Waals surface area contributed by atoms with Crippen LogP contribution < -0.4 is 10.6 Å². The molecular weight excluding hydrogens is 256 g/mol. The first-order chi connectivity index (χ1) is 9.44. The van der Waals surface area contributed by atoms with Gasteiger partial charge in [0.1, 0.15) is 5.52 Å². The van der Waals surface area contributed by atoms with Crippen LogP contribution >= 0.6 is 0 Å². The van der Waals surface area contributed by atoms with E-state index in [4.69, 9.17) is 0 Å². The number of hydrogen-bond acceptors (Lipinski definition) is 6. The predicted octanol–water partition coefficient (Wildman–Crippen LogP) is 1.75. The molecule has 0 amide bonds. The maximum absolute atomic E-state index is 9.83. The quantitative estimate of drug-likeness (QED) is 0.642. The lowest BCUT2D eigenvalue weighted by Gasteiger charge is -2.30. The van der Waals surface area contributed by atoms with Crippen LogP contribution in [-0.4, -0.2) is 43.2 Å². The van der Waals surface area contributed by atoms with Crippen LogP contribution in [0.15, 0.2) is 6.33 Å². The van der Waals surface area contributed by atoms with Gasteiger partial charge in [-0.1, -0.05) is 6.92 Å². The van der Waals surface area contributed by atoms with Crippen LogP contribution in [0, 0.1) is 0 Å². The molecule has 2 aromatic rings. The smallest absolute Gasteiger partial charge is 0.226 e. The fourth-order valence-electron chi connectivity index (χ4n) is 1.65. The Labute approximate surface area is 118 Å². The number of fused-ring (bicyclic) bond motifs is 1. The van der Waals surface area contributed by atoms with Crippen LogP contribution in [0.3, 0.4) is 0 Å². The highest BCUT2D eigenvalue weighted by molar-refractivity contribution is 5.84. The van der Waals surface area contributed by atoms with Gasteiger partial charge in [-0.15, -0.1) is 0 Å². The monoisotopic (exact) mass is 278 g/mol. The maximum Gasteiger partial charge on any atom is 0.226 e. The second-order valence-corrected chi connectivity index (χ2v) is 5.45. The van der Waals surface area contributed by atoms with Gasteiger partial charge in [0.05, 0.1) is 18.0 Å². The summed E-state index contributed by atoms with van der Waals surface area (Å²) in [4.78, 5) is 16.0. The van der Waals surface area contributed by atoms with Crippen molar-refractivity contribution in [2.24, 2.45) is 0 Å². The third kappa shape index (κ3) is 2.98. The van der Waals surface area contributed by atoms with E-state index in [1.54, 1.807) is 13.3 Å². The van der Waals surface area contributed by atoms with Crippen molar-refractivity contribution < 1.29 is 5.11 Å². The highest BCUT2D eigenvalue weighted by atomic mass is 16.3. The molecule has 7 nitrogen and oxygen atoms in total. The van der Waals surface area contributed by atoms with Gasteiger partial charge in [0.25, 0.3) is 0 Å². The average Bonchev–Trinajstić information content (AvgIpc) is 2.84. The molecule has 1 atom stereocenters. The Morgan fingerprint density at radius 1 is 1.40 bits per heavy atom. The molecule has 0 radical (unpaired) electrons. The number of nitrogens with zero attached hydrogens (tertiary/aromatic N) is 3. The first kappa shape index (κ1) is 14.5. The highest BCUT2D eigenvalue weighted by Gasteiger charge is 2.25. The van der Waals surface area contributed by atoms with E-state index in [-0.39, 0.29) is 0 Å². The number of aromatic nitrogens is 4. The summed E-state index contributed by atoms with van der Waals surface area (Å²) < 4.78 is 0. The van der Waals surface area contributed by atoms with Crippen LogP contribution in [0.1, 0.15) is 34.1 Å². The van der Waals surface area contributed by atoms with Crippen molar-refractivity contribution in [3.05, 3.63) is 6.33 Å². The summed E-state index contributed by atoms with van der Waals surface area (Å²) >= 11 is 0. The van der Waals surface area contributed by atoms with Gasteiger partial charge in [0, 0.05) is 6.54 Å². The van der Waals surface area contributed by atoms with Crippen molar-refractivity contribution in [1.82, 2.24) is 19.9 Å². The van der Waals surface area contributed by atoms with Crippen molar-refractivity contribution in [2.75, 3.05) is 17.2 Å². The Morgan fingerprint density at radius 2 is 2.15 bits per heavy atom. The van der Waals surface area contributed by atoms with E-state index in [9.17, 15) is 5.11 Å². The molecule has 0 bridgehead atoms. The van der Waals surface area contributed by atoms with Gasteiger partial charge in [-0.3, -0.25) is 0 Å². The van der Waals surface area contributed by atoms with Crippen LogP contribution in [0.4, 0.5) is 11.8 Å². The Morgan fingerprint density at radius 3 is 2.80 bits per heavy atom. The van der Waals surface area contributed by atoms with Crippen LogP contribution in [-0.2, 0) is 0 Å². The summed E-state index contributed by atoms with van der Waals surface area (Å²) in [7, 11) is 0. The van der Waals surface area contributed by atoms with E-state index in [1.807, 2.05) is 13.8 Å². The number of H-pyrrole nitrogens is 1. The summed E-state index contributed by atoms with van der Waals surface area (Å²) in [6, 6.07) is 0. The van der Waals surface area contributed by atoms with Gasteiger partial charge in [0.2, 0.25) is 5.95 Å². The number of hydrogen-bond donors (Lipinski definition) is 4. The lowest BCUT2D eigenvalue weighted by molar-refractivity contribution is 0.133. The molecule has 7 heteroatoms. The molecule has 0 aromatic carbocycles. The molecular formula is C13H22N6O. The van der Waals surface area contributed by atoms with Gasteiger partial charge in [-0.2, -0.15) is 9.97 Å². The first-order valence-corrected chi connectivity index (χ1v) is 6.85. The number of aliphatic hydroxyl groups is 1. The molecule has 2 aromatic heterocycles. The SMILES string of the molecule is CCCNc1nc(NC(C)(C)C(C)O)c2[nH]cnc2n1. The van der Waals surface area contributed by atoms with Crippen LogP contribution in [0.2, 0.25) is 0 Å². The third-order valence-electron chi connectivity index (χ3n) is 3.30. The van der Waals surface area contributed by atoms with Gasteiger partial charge >= 0.3 is 0 Å². The van der Waals surface area contributed by atoms with E-state index in [2.05, 4.69) is 37.5 Å². The fourth-order valence-corrected chi connectivity index (χ4v) is 1.65. The second-order valence-electron chi connectivity index (χ2n) is 5.45. The fraction of sp³-hybridized carbons (Fsp3) is 0.615. The van der Waals surface area contributed by atoms with Gasteiger partial charge in [-0.25, -0.2) is 4.98 Å². The first-order valence-electron chi connectivity index (χ1n) is 6.85. The summed E-state index contributed by atoms with van der Waals surface area (Å²) in [6.45, 7) is 8.46. The van der Waals surface area contributed by atoms with E-state index in [1.165, 1.54) is 0 Å². The number of aliphatic hydroxyl groups excluding tert-OH is 1. The summed E-state index contributed by atoms with van der Waals surface area (Å²) in [5.41, 5.74) is 0.831. The number of anilines is 2. The molecule has 0 saturated heterocycles. The molecule has 1 unspecified atom stereocenters. The van der Waals surface area contributed by atoms with E-state index in [0.717, 1.165) is 18.5 Å². The number of rotatable bonds is 6. The van der Waals surface area contributed by atoms with Crippen molar-refractivity contribution in [3.63, 3.8) is 0 Å².